The predicted molar refractivity (Wildman–Crippen MR) is 84.3 cm³/mol. The van der Waals surface area contributed by atoms with Crippen LogP contribution in [0.1, 0.15) is 38.8 Å². The van der Waals surface area contributed by atoms with Crippen molar-refractivity contribution >= 4 is 17.5 Å². The second-order valence-electron chi connectivity index (χ2n) is 6.20. The van der Waals surface area contributed by atoms with Crippen LogP contribution >= 0.6 is 0 Å². The number of ether oxygens (including phenoxy) is 2. The normalized spacial score (nSPS) is 13.8. The van der Waals surface area contributed by atoms with Crippen LogP contribution in [-0.2, 0) is 15.9 Å². The molecule has 5 heteroatoms. The summed E-state index contributed by atoms with van der Waals surface area (Å²) in [6, 6.07) is 3.05. The molecule has 2 rings (SSSR count). The van der Waals surface area contributed by atoms with Gasteiger partial charge in [0.2, 0.25) is 0 Å². The Morgan fingerprint density at radius 3 is 2.68 bits per heavy atom. The highest BCUT2D eigenvalue weighted by Gasteiger charge is 2.30. The predicted octanol–water partition coefficient (Wildman–Crippen LogP) is 4.13. The molecule has 1 heterocycles. The SMILES string of the molecule is C=C(OCC)c1cc2c(cc1F)N(C(=O)OC(C)(C)C)CC2. The van der Waals surface area contributed by atoms with Gasteiger partial charge in [-0.05, 0) is 51.8 Å². The summed E-state index contributed by atoms with van der Waals surface area (Å²) in [5.74, 6) is -0.147. The van der Waals surface area contributed by atoms with E-state index < -0.39 is 17.5 Å². The van der Waals surface area contributed by atoms with Crippen LogP contribution in [0.25, 0.3) is 5.76 Å². The van der Waals surface area contributed by atoms with Crippen LogP contribution in [0.3, 0.4) is 0 Å². The van der Waals surface area contributed by atoms with Gasteiger partial charge in [-0.15, -0.1) is 0 Å². The van der Waals surface area contributed by atoms with Gasteiger partial charge in [-0.1, -0.05) is 6.58 Å². The van der Waals surface area contributed by atoms with Gasteiger partial charge in [0.15, 0.2) is 0 Å². The molecule has 0 bridgehead atoms. The summed E-state index contributed by atoms with van der Waals surface area (Å²) in [6.45, 7) is 11.9. The molecule has 0 saturated carbocycles. The fourth-order valence-electron chi connectivity index (χ4n) is 2.38. The van der Waals surface area contributed by atoms with Crippen LogP contribution in [-0.4, -0.2) is 24.8 Å². The highest BCUT2D eigenvalue weighted by molar-refractivity contribution is 5.91. The van der Waals surface area contributed by atoms with E-state index in [-0.39, 0.29) is 0 Å². The van der Waals surface area contributed by atoms with E-state index in [0.717, 1.165) is 5.56 Å². The molecule has 0 saturated heterocycles. The van der Waals surface area contributed by atoms with Gasteiger partial charge in [-0.3, -0.25) is 4.90 Å². The maximum Gasteiger partial charge on any atom is 0.414 e. The third kappa shape index (κ3) is 3.40. The topological polar surface area (TPSA) is 38.8 Å². The summed E-state index contributed by atoms with van der Waals surface area (Å²) in [7, 11) is 0. The number of nitrogens with zero attached hydrogens (tertiary/aromatic N) is 1. The highest BCUT2D eigenvalue weighted by Crippen LogP contribution is 2.33. The van der Waals surface area contributed by atoms with E-state index in [4.69, 9.17) is 9.47 Å². The molecule has 0 N–H and O–H groups in total. The van der Waals surface area contributed by atoms with Gasteiger partial charge in [-0.2, -0.15) is 0 Å². The number of hydrogen-bond donors (Lipinski definition) is 0. The number of hydrogen-bond acceptors (Lipinski definition) is 3. The summed E-state index contributed by atoms with van der Waals surface area (Å²) in [5.41, 5.74) is 1.20. The summed E-state index contributed by atoms with van der Waals surface area (Å²) in [5, 5.41) is 0. The van der Waals surface area contributed by atoms with E-state index in [1.165, 1.54) is 11.0 Å². The lowest BCUT2D eigenvalue weighted by atomic mass is 10.1. The maximum absolute atomic E-state index is 14.3. The van der Waals surface area contributed by atoms with Crippen molar-refractivity contribution in [3.8, 4) is 0 Å². The fraction of sp³-hybridized carbons (Fsp3) is 0.471. The maximum atomic E-state index is 14.3. The number of rotatable bonds is 3. The molecule has 0 spiro atoms. The van der Waals surface area contributed by atoms with E-state index in [0.29, 0.717) is 36.6 Å². The Morgan fingerprint density at radius 2 is 2.09 bits per heavy atom. The molecule has 1 aromatic carbocycles. The molecule has 0 aliphatic carbocycles. The largest absolute Gasteiger partial charge is 0.494 e. The fourth-order valence-corrected chi connectivity index (χ4v) is 2.38. The minimum Gasteiger partial charge on any atom is -0.494 e. The Kier molecular flexibility index (Phi) is 4.44. The summed E-state index contributed by atoms with van der Waals surface area (Å²) < 4.78 is 24.9. The van der Waals surface area contributed by atoms with Crippen LogP contribution in [0.5, 0.6) is 0 Å². The van der Waals surface area contributed by atoms with Crippen LogP contribution in [0.4, 0.5) is 14.9 Å². The molecule has 22 heavy (non-hydrogen) atoms. The van der Waals surface area contributed by atoms with Crippen LogP contribution in [0.15, 0.2) is 18.7 Å². The van der Waals surface area contributed by atoms with Crippen molar-refractivity contribution in [3.63, 3.8) is 0 Å². The van der Waals surface area contributed by atoms with Gasteiger partial charge < -0.3 is 9.47 Å². The molecule has 0 unspecified atom stereocenters. The van der Waals surface area contributed by atoms with Crippen LogP contribution in [0.2, 0.25) is 0 Å². The number of fused-ring (bicyclic) bond motifs is 1. The second-order valence-corrected chi connectivity index (χ2v) is 6.20. The molecule has 0 atom stereocenters. The second kappa shape index (κ2) is 5.99. The van der Waals surface area contributed by atoms with Gasteiger partial charge in [0, 0.05) is 6.54 Å². The van der Waals surface area contributed by atoms with E-state index in [9.17, 15) is 9.18 Å². The van der Waals surface area contributed by atoms with Crippen molar-refractivity contribution in [2.75, 3.05) is 18.1 Å². The molecule has 0 fully saturated rings. The van der Waals surface area contributed by atoms with Gasteiger partial charge in [0.1, 0.15) is 17.2 Å². The molecule has 0 aromatic heterocycles. The minimum atomic E-state index is -0.582. The Hall–Kier alpha value is -2.04. The first-order chi connectivity index (χ1) is 10.2. The van der Waals surface area contributed by atoms with E-state index in [2.05, 4.69) is 6.58 Å². The van der Waals surface area contributed by atoms with Crippen molar-refractivity contribution in [2.45, 2.75) is 39.7 Å². The smallest absolute Gasteiger partial charge is 0.414 e. The van der Waals surface area contributed by atoms with Crippen molar-refractivity contribution in [2.24, 2.45) is 0 Å². The number of benzene rings is 1. The third-order valence-electron chi connectivity index (χ3n) is 3.30. The molecular formula is C17H22FNO3. The van der Waals surface area contributed by atoms with Gasteiger partial charge in [0.25, 0.3) is 0 Å². The van der Waals surface area contributed by atoms with Gasteiger partial charge in [-0.25, -0.2) is 9.18 Å². The average molecular weight is 307 g/mol. The first kappa shape index (κ1) is 16.3. The Labute approximate surface area is 130 Å². The zero-order valence-electron chi connectivity index (χ0n) is 13.5. The lowest BCUT2D eigenvalue weighted by molar-refractivity contribution is 0.0584. The van der Waals surface area contributed by atoms with E-state index >= 15 is 0 Å². The summed E-state index contributed by atoms with van der Waals surface area (Å²) in [6.07, 6.45) is 0.198. The molecule has 1 amide bonds. The van der Waals surface area contributed by atoms with Crippen LogP contribution in [0, 0.1) is 5.82 Å². The Morgan fingerprint density at radius 1 is 1.41 bits per heavy atom. The monoisotopic (exact) mass is 307 g/mol. The molecular weight excluding hydrogens is 285 g/mol. The average Bonchev–Trinajstić information content (AvgIpc) is 2.78. The lowest BCUT2D eigenvalue weighted by Gasteiger charge is -2.25. The van der Waals surface area contributed by atoms with Crippen molar-refractivity contribution in [3.05, 3.63) is 35.7 Å². The zero-order valence-corrected chi connectivity index (χ0v) is 13.5. The zero-order chi connectivity index (χ0) is 16.5. The summed E-state index contributed by atoms with van der Waals surface area (Å²) in [4.78, 5) is 13.7. The van der Waals surface area contributed by atoms with Gasteiger partial charge >= 0.3 is 6.09 Å². The van der Waals surface area contributed by atoms with Crippen molar-refractivity contribution in [1.82, 2.24) is 0 Å². The number of carbonyl (C=O) groups excluding carboxylic acids is 1. The first-order valence-electron chi connectivity index (χ1n) is 7.38. The quantitative estimate of drug-likeness (QED) is 0.788. The van der Waals surface area contributed by atoms with E-state index in [1.807, 2.05) is 6.92 Å². The molecule has 120 valence electrons. The highest BCUT2D eigenvalue weighted by atomic mass is 19.1. The van der Waals surface area contributed by atoms with E-state index in [1.54, 1.807) is 26.8 Å². The molecule has 1 aromatic rings. The number of anilines is 1. The first-order valence-corrected chi connectivity index (χ1v) is 7.38. The minimum absolute atomic E-state index is 0.304. The van der Waals surface area contributed by atoms with Crippen molar-refractivity contribution in [1.29, 1.82) is 0 Å². The van der Waals surface area contributed by atoms with Gasteiger partial charge in [0.05, 0.1) is 17.9 Å². The standard InChI is InChI=1S/C17H22FNO3/c1-6-21-11(2)13-9-12-7-8-19(15(12)10-14(13)18)16(20)22-17(3,4)5/h9-10H,2,6-8H2,1,3-5H3. The number of carbonyl (C=O) groups is 1. The Balaban J connectivity index is 2.28. The van der Waals surface area contributed by atoms with Crippen LogP contribution < -0.4 is 4.90 Å². The number of amides is 1. The molecule has 1 aliphatic rings. The summed E-state index contributed by atoms with van der Waals surface area (Å²) >= 11 is 0. The van der Waals surface area contributed by atoms with Crippen molar-refractivity contribution < 1.29 is 18.7 Å². The molecule has 4 nitrogen and oxygen atoms in total. The lowest BCUT2D eigenvalue weighted by Crippen LogP contribution is -2.35. The number of halogens is 1. The third-order valence-corrected chi connectivity index (χ3v) is 3.30. The Bertz CT molecular complexity index is 605. The molecule has 0 radical (unpaired) electrons. The molecule has 1 aliphatic heterocycles.